The lowest BCUT2D eigenvalue weighted by molar-refractivity contribution is 0.0890. The van der Waals surface area contributed by atoms with Gasteiger partial charge in [-0.15, -0.1) is 0 Å². The summed E-state index contributed by atoms with van der Waals surface area (Å²) >= 11 is 5.82. The molecule has 0 fully saturated rings. The van der Waals surface area contributed by atoms with Crippen LogP contribution in [0.2, 0.25) is 5.02 Å². The third-order valence-electron chi connectivity index (χ3n) is 3.67. The number of nitrogens with one attached hydrogen (secondary N) is 1. The van der Waals surface area contributed by atoms with E-state index >= 15 is 0 Å². The minimum absolute atomic E-state index is 0.0788. The second kappa shape index (κ2) is 7.34. The van der Waals surface area contributed by atoms with Gasteiger partial charge in [-0.25, -0.2) is 0 Å². The van der Waals surface area contributed by atoms with Crippen LogP contribution >= 0.6 is 11.6 Å². The van der Waals surface area contributed by atoms with Gasteiger partial charge in [-0.1, -0.05) is 54.1 Å². The zero-order valence-electron chi connectivity index (χ0n) is 12.8. The SMILES string of the molecule is O=C(NCC(O)c1ccc(Cl)cc1)c1occc1-c1ccccc1. The molecule has 0 saturated heterocycles. The third kappa shape index (κ3) is 3.67. The Hall–Kier alpha value is -2.56. The van der Waals surface area contributed by atoms with Crippen molar-refractivity contribution in [3.8, 4) is 11.1 Å². The molecule has 0 radical (unpaired) electrons. The molecular formula is C19H16ClNO3. The number of benzene rings is 2. The summed E-state index contributed by atoms with van der Waals surface area (Å²) in [5, 5.41) is 13.4. The van der Waals surface area contributed by atoms with E-state index in [9.17, 15) is 9.90 Å². The summed E-state index contributed by atoms with van der Waals surface area (Å²) in [4.78, 5) is 12.4. The summed E-state index contributed by atoms with van der Waals surface area (Å²) in [5.41, 5.74) is 2.30. The molecule has 0 bridgehead atoms. The van der Waals surface area contributed by atoms with Crippen LogP contribution < -0.4 is 5.32 Å². The highest BCUT2D eigenvalue weighted by molar-refractivity contribution is 6.30. The molecule has 1 aromatic heterocycles. The maximum Gasteiger partial charge on any atom is 0.287 e. The van der Waals surface area contributed by atoms with Crippen LogP contribution in [0.3, 0.4) is 0 Å². The number of hydrogen-bond acceptors (Lipinski definition) is 3. The van der Waals surface area contributed by atoms with Crippen LogP contribution in [-0.4, -0.2) is 17.6 Å². The van der Waals surface area contributed by atoms with Gasteiger partial charge in [-0.2, -0.15) is 0 Å². The number of aliphatic hydroxyl groups excluding tert-OH is 1. The molecule has 0 aliphatic carbocycles. The molecule has 0 aliphatic rings. The van der Waals surface area contributed by atoms with Gasteiger partial charge in [0.15, 0.2) is 5.76 Å². The van der Waals surface area contributed by atoms with Gasteiger partial charge < -0.3 is 14.8 Å². The van der Waals surface area contributed by atoms with Crippen LogP contribution in [0.25, 0.3) is 11.1 Å². The Morgan fingerprint density at radius 3 is 2.50 bits per heavy atom. The molecule has 1 heterocycles. The van der Waals surface area contributed by atoms with Gasteiger partial charge in [0.05, 0.1) is 12.4 Å². The average molecular weight is 342 g/mol. The van der Waals surface area contributed by atoms with Crippen LogP contribution in [0.5, 0.6) is 0 Å². The van der Waals surface area contributed by atoms with E-state index in [1.165, 1.54) is 6.26 Å². The quantitative estimate of drug-likeness (QED) is 0.735. The van der Waals surface area contributed by atoms with Crippen molar-refractivity contribution in [1.82, 2.24) is 5.32 Å². The van der Waals surface area contributed by atoms with E-state index in [4.69, 9.17) is 16.0 Å². The lowest BCUT2D eigenvalue weighted by Crippen LogP contribution is -2.28. The Morgan fingerprint density at radius 1 is 1.08 bits per heavy atom. The molecular weight excluding hydrogens is 326 g/mol. The van der Waals surface area contributed by atoms with Crippen molar-refractivity contribution in [3.63, 3.8) is 0 Å². The number of furan rings is 1. The number of carbonyl (C=O) groups is 1. The summed E-state index contributed by atoms with van der Waals surface area (Å²) in [6.45, 7) is 0.0788. The van der Waals surface area contributed by atoms with Crippen molar-refractivity contribution >= 4 is 17.5 Å². The fourth-order valence-corrected chi connectivity index (χ4v) is 2.53. The molecule has 2 N–H and O–H groups in total. The van der Waals surface area contributed by atoms with Crippen molar-refractivity contribution in [3.05, 3.63) is 83.3 Å². The first-order chi connectivity index (χ1) is 11.6. The lowest BCUT2D eigenvalue weighted by atomic mass is 10.1. The van der Waals surface area contributed by atoms with Gasteiger partial charge in [-0.05, 0) is 29.3 Å². The summed E-state index contributed by atoms with van der Waals surface area (Å²) < 4.78 is 5.32. The zero-order valence-corrected chi connectivity index (χ0v) is 13.5. The van der Waals surface area contributed by atoms with E-state index in [1.807, 2.05) is 30.3 Å². The number of halogens is 1. The fraction of sp³-hybridized carbons (Fsp3) is 0.105. The van der Waals surface area contributed by atoms with E-state index in [0.717, 1.165) is 5.56 Å². The van der Waals surface area contributed by atoms with Gasteiger partial charge in [0, 0.05) is 17.1 Å². The first-order valence-electron chi connectivity index (χ1n) is 7.50. The van der Waals surface area contributed by atoms with Crippen molar-refractivity contribution in [1.29, 1.82) is 0 Å². The van der Waals surface area contributed by atoms with Crippen molar-refractivity contribution in [2.24, 2.45) is 0 Å². The molecule has 4 nitrogen and oxygen atoms in total. The monoisotopic (exact) mass is 341 g/mol. The van der Waals surface area contributed by atoms with Gasteiger partial charge in [0.25, 0.3) is 5.91 Å². The Kier molecular flexibility index (Phi) is 4.99. The summed E-state index contributed by atoms with van der Waals surface area (Å²) in [5.74, 6) is -0.142. The molecule has 1 atom stereocenters. The van der Waals surface area contributed by atoms with E-state index in [0.29, 0.717) is 16.1 Å². The molecule has 1 unspecified atom stereocenters. The normalized spacial score (nSPS) is 11.9. The molecule has 3 aromatic rings. The minimum atomic E-state index is -0.818. The first-order valence-corrected chi connectivity index (χ1v) is 7.87. The molecule has 0 aliphatic heterocycles. The maximum atomic E-state index is 12.4. The topological polar surface area (TPSA) is 62.5 Å². The van der Waals surface area contributed by atoms with Crippen molar-refractivity contribution in [2.45, 2.75) is 6.10 Å². The lowest BCUT2D eigenvalue weighted by Gasteiger charge is -2.12. The van der Waals surface area contributed by atoms with Gasteiger partial charge in [0.1, 0.15) is 0 Å². The predicted molar refractivity (Wildman–Crippen MR) is 92.9 cm³/mol. The number of rotatable bonds is 5. The summed E-state index contributed by atoms with van der Waals surface area (Å²) in [7, 11) is 0. The molecule has 2 aromatic carbocycles. The van der Waals surface area contributed by atoms with Crippen LogP contribution in [0.4, 0.5) is 0 Å². The Labute approximate surface area is 144 Å². The second-order valence-corrected chi connectivity index (χ2v) is 5.74. The zero-order chi connectivity index (χ0) is 16.9. The Morgan fingerprint density at radius 2 is 1.79 bits per heavy atom. The third-order valence-corrected chi connectivity index (χ3v) is 3.92. The summed E-state index contributed by atoms with van der Waals surface area (Å²) in [6, 6.07) is 18.1. The molecule has 24 heavy (non-hydrogen) atoms. The highest BCUT2D eigenvalue weighted by Gasteiger charge is 2.18. The van der Waals surface area contributed by atoms with E-state index < -0.39 is 6.10 Å². The van der Waals surface area contributed by atoms with Crippen LogP contribution in [0.15, 0.2) is 71.3 Å². The highest BCUT2D eigenvalue weighted by atomic mass is 35.5. The molecule has 5 heteroatoms. The maximum absolute atomic E-state index is 12.4. The molecule has 0 saturated carbocycles. The van der Waals surface area contributed by atoms with Crippen LogP contribution in [0, 0.1) is 0 Å². The van der Waals surface area contributed by atoms with E-state index in [-0.39, 0.29) is 18.2 Å². The predicted octanol–water partition coefficient (Wildman–Crippen LogP) is 4.06. The minimum Gasteiger partial charge on any atom is -0.459 e. The van der Waals surface area contributed by atoms with E-state index in [1.54, 1.807) is 30.3 Å². The Balaban J connectivity index is 1.68. The van der Waals surface area contributed by atoms with Crippen LogP contribution in [0.1, 0.15) is 22.2 Å². The van der Waals surface area contributed by atoms with Crippen molar-refractivity contribution < 1.29 is 14.3 Å². The fourth-order valence-electron chi connectivity index (χ4n) is 2.40. The van der Waals surface area contributed by atoms with Gasteiger partial charge in [-0.3, -0.25) is 4.79 Å². The largest absolute Gasteiger partial charge is 0.459 e. The Bertz CT molecular complexity index is 812. The molecule has 0 spiro atoms. The smallest absolute Gasteiger partial charge is 0.287 e. The van der Waals surface area contributed by atoms with Gasteiger partial charge >= 0.3 is 0 Å². The van der Waals surface area contributed by atoms with Gasteiger partial charge in [0.2, 0.25) is 0 Å². The standard InChI is InChI=1S/C19H16ClNO3/c20-15-8-6-14(7-9-15)17(22)12-21-19(23)18-16(10-11-24-18)13-4-2-1-3-5-13/h1-11,17,22H,12H2,(H,21,23). The number of amides is 1. The highest BCUT2D eigenvalue weighted by Crippen LogP contribution is 2.24. The van der Waals surface area contributed by atoms with Crippen LogP contribution in [-0.2, 0) is 0 Å². The molecule has 122 valence electrons. The van der Waals surface area contributed by atoms with Crippen molar-refractivity contribution in [2.75, 3.05) is 6.54 Å². The number of aliphatic hydroxyl groups is 1. The number of carbonyl (C=O) groups excluding carboxylic acids is 1. The molecule has 3 rings (SSSR count). The average Bonchev–Trinajstić information content (AvgIpc) is 3.10. The number of hydrogen-bond donors (Lipinski definition) is 2. The summed E-state index contributed by atoms with van der Waals surface area (Å²) in [6.07, 6.45) is 0.661. The second-order valence-electron chi connectivity index (χ2n) is 5.31. The first kappa shape index (κ1) is 16.3. The molecule has 1 amide bonds. The van der Waals surface area contributed by atoms with E-state index in [2.05, 4.69) is 5.32 Å².